The highest BCUT2D eigenvalue weighted by molar-refractivity contribution is 5.58. The number of rotatable bonds is 9. The van der Waals surface area contributed by atoms with Gasteiger partial charge in [-0.05, 0) is 60.8 Å². The van der Waals surface area contributed by atoms with E-state index in [2.05, 4.69) is 77.8 Å². The quantitative estimate of drug-likeness (QED) is 0.366. The van der Waals surface area contributed by atoms with Crippen LogP contribution in [0.2, 0.25) is 0 Å². The van der Waals surface area contributed by atoms with Gasteiger partial charge in [0, 0.05) is 0 Å². The minimum Gasteiger partial charge on any atom is -0.296 e. The molecule has 130 valence electrons. The average Bonchev–Trinajstić information content (AvgIpc) is 2.27. The first-order valence-electron chi connectivity index (χ1n) is 8.96. The molecule has 0 aromatic carbocycles. The van der Waals surface area contributed by atoms with Gasteiger partial charge in [0.1, 0.15) is 0 Å². The summed E-state index contributed by atoms with van der Waals surface area (Å²) >= 11 is 0. The van der Waals surface area contributed by atoms with Gasteiger partial charge in [-0.15, -0.1) is 0 Å². The van der Waals surface area contributed by atoms with Gasteiger partial charge < -0.3 is 0 Å². The molecule has 0 fully saturated rings. The second kappa shape index (κ2) is 10.2. The Balaban J connectivity index is 3.71. The van der Waals surface area contributed by atoms with Crippen molar-refractivity contribution in [2.75, 3.05) is 13.1 Å². The third-order valence-corrected chi connectivity index (χ3v) is 3.55. The van der Waals surface area contributed by atoms with E-state index in [1.165, 1.54) is 12.8 Å². The van der Waals surface area contributed by atoms with Crippen LogP contribution in [-0.4, -0.2) is 25.5 Å². The maximum absolute atomic E-state index is 4.48. The van der Waals surface area contributed by atoms with E-state index in [1.807, 2.05) is 0 Å². The monoisotopic (exact) mass is 308 g/mol. The molecule has 0 N–H and O–H groups in total. The molecule has 0 saturated carbocycles. The summed E-state index contributed by atoms with van der Waals surface area (Å²) in [4.78, 5) is 8.96. The second-order valence-electron chi connectivity index (χ2n) is 9.39. The van der Waals surface area contributed by atoms with Crippen molar-refractivity contribution in [3.8, 4) is 0 Å². The van der Waals surface area contributed by atoms with Crippen molar-refractivity contribution in [2.45, 2.75) is 81.1 Å². The molecular formula is C20H40N2. The highest BCUT2D eigenvalue weighted by Gasteiger charge is 2.14. The molecule has 0 rings (SSSR count). The SMILES string of the molecule is CC(CC=NCCN=CCC(C)CC(C)(C)C)CC(C)(C)C. The molecule has 0 bridgehead atoms. The van der Waals surface area contributed by atoms with Crippen LogP contribution in [-0.2, 0) is 0 Å². The standard InChI is InChI=1S/C20H40N2/c1-17(15-19(3,4)5)9-11-21-13-14-22-12-10-18(2)16-20(6,7)8/h11-12,17-18H,9-10,13-16H2,1-8H3. The van der Waals surface area contributed by atoms with E-state index >= 15 is 0 Å². The largest absolute Gasteiger partial charge is 0.296 e. The van der Waals surface area contributed by atoms with Crippen LogP contribution in [0.3, 0.4) is 0 Å². The average molecular weight is 309 g/mol. The van der Waals surface area contributed by atoms with Crippen LogP contribution in [0, 0.1) is 22.7 Å². The predicted octanol–water partition coefficient (Wildman–Crippen LogP) is 6.05. The summed E-state index contributed by atoms with van der Waals surface area (Å²) in [7, 11) is 0. The molecule has 0 amide bonds. The lowest BCUT2D eigenvalue weighted by Crippen LogP contribution is -2.11. The zero-order valence-electron chi connectivity index (χ0n) is 16.4. The second-order valence-corrected chi connectivity index (χ2v) is 9.39. The molecule has 0 spiro atoms. The molecule has 22 heavy (non-hydrogen) atoms. The zero-order chi connectivity index (χ0) is 17.2. The summed E-state index contributed by atoms with van der Waals surface area (Å²) < 4.78 is 0. The van der Waals surface area contributed by atoms with Gasteiger partial charge >= 0.3 is 0 Å². The van der Waals surface area contributed by atoms with Gasteiger partial charge in [-0.1, -0.05) is 55.4 Å². The number of hydrogen-bond acceptors (Lipinski definition) is 2. The Morgan fingerprint density at radius 2 is 1.00 bits per heavy atom. The molecule has 2 atom stereocenters. The van der Waals surface area contributed by atoms with Crippen molar-refractivity contribution >= 4 is 12.4 Å². The van der Waals surface area contributed by atoms with Crippen LogP contribution in [0.1, 0.15) is 81.1 Å². The van der Waals surface area contributed by atoms with Gasteiger partial charge in [-0.3, -0.25) is 9.98 Å². The first-order chi connectivity index (χ1) is 9.99. The smallest absolute Gasteiger partial charge is 0.0581 e. The molecule has 0 aromatic heterocycles. The Labute approximate surface area is 139 Å². The van der Waals surface area contributed by atoms with Crippen molar-refractivity contribution in [3.05, 3.63) is 0 Å². The summed E-state index contributed by atoms with van der Waals surface area (Å²) in [5, 5.41) is 0. The summed E-state index contributed by atoms with van der Waals surface area (Å²) in [6.45, 7) is 20.1. The van der Waals surface area contributed by atoms with Gasteiger partial charge in [0.2, 0.25) is 0 Å². The molecule has 2 unspecified atom stereocenters. The summed E-state index contributed by atoms with van der Waals surface area (Å²) in [5.74, 6) is 1.43. The molecule has 0 saturated heterocycles. The molecule has 2 heteroatoms. The van der Waals surface area contributed by atoms with Crippen molar-refractivity contribution < 1.29 is 0 Å². The van der Waals surface area contributed by atoms with E-state index in [4.69, 9.17) is 0 Å². The van der Waals surface area contributed by atoms with E-state index in [1.54, 1.807) is 0 Å². The number of nitrogens with zero attached hydrogens (tertiary/aromatic N) is 2. The Hall–Kier alpha value is -0.660. The van der Waals surface area contributed by atoms with Gasteiger partial charge in [-0.25, -0.2) is 0 Å². The third kappa shape index (κ3) is 15.7. The van der Waals surface area contributed by atoms with Crippen LogP contribution < -0.4 is 0 Å². The molecule has 0 aromatic rings. The normalized spacial score (nSPS) is 16.5. The lowest BCUT2D eigenvalue weighted by Gasteiger charge is -2.22. The fourth-order valence-corrected chi connectivity index (χ4v) is 3.06. The first kappa shape index (κ1) is 21.3. The van der Waals surface area contributed by atoms with E-state index in [0.29, 0.717) is 22.7 Å². The van der Waals surface area contributed by atoms with Crippen LogP contribution in [0.25, 0.3) is 0 Å². The van der Waals surface area contributed by atoms with Crippen molar-refractivity contribution in [1.82, 2.24) is 0 Å². The van der Waals surface area contributed by atoms with Crippen LogP contribution >= 0.6 is 0 Å². The van der Waals surface area contributed by atoms with Gasteiger partial charge in [-0.2, -0.15) is 0 Å². The molecule has 2 nitrogen and oxygen atoms in total. The number of aliphatic imine (C=N–C) groups is 2. The zero-order valence-corrected chi connectivity index (χ0v) is 16.4. The molecule has 0 aliphatic carbocycles. The Bertz CT molecular complexity index is 295. The third-order valence-electron chi connectivity index (χ3n) is 3.55. The van der Waals surface area contributed by atoms with E-state index in [-0.39, 0.29) is 0 Å². The highest BCUT2D eigenvalue weighted by atomic mass is 14.8. The lowest BCUT2D eigenvalue weighted by atomic mass is 9.84. The maximum Gasteiger partial charge on any atom is 0.0581 e. The van der Waals surface area contributed by atoms with Crippen molar-refractivity contribution in [2.24, 2.45) is 32.7 Å². The van der Waals surface area contributed by atoms with E-state index < -0.39 is 0 Å². The molecule has 0 heterocycles. The topological polar surface area (TPSA) is 24.7 Å². The van der Waals surface area contributed by atoms with Crippen LogP contribution in [0.15, 0.2) is 9.98 Å². The van der Waals surface area contributed by atoms with Crippen molar-refractivity contribution in [3.63, 3.8) is 0 Å². The Morgan fingerprint density at radius 3 is 1.27 bits per heavy atom. The van der Waals surface area contributed by atoms with Gasteiger partial charge in [0.05, 0.1) is 13.1 Å². The van der Waals surface area contributed by atoms with Gasteiger partial charge in [0.15, 0.2) is 0 Å². The summed E-state index contributed by atoms with van der Waals surface area (Å²) in [6, 6.07) is 0. The predicted molar refractivity (Wildman–Crippen MR) is 102 cm³/mol. The minimum absolute atomic E-state index is 0.418. The molecule has 0 aliphatic rings. The first-order valence-corrected chi connectivity index (χ1v) is 8.96. The Kier molecular flexibility index (Phi) is 9.87. The fraction of sp³-hybridized carbons (Fsp3) is 0.900. The fourth-order valence-electron chi connectivity index (χ4n) is 3.06. The summed E-state index contributed by atoms with van der Waals surface area (Å²) in [6.07, 6.45) is 8.86. The van der Waals surface area contributed by atoms with E-state index in [0.717, 1.165) is 25.9 Å². The maximum atomic E-state index is 4.48. The lowest BCUT2D eigenvalue weighted by molar-refractivity contribution is 0.312. The Morgan fingerprint density at radius 1 is 0.682 bits per heavy atom. The minimum atomic E-state index is 0.418. The molecule has 0 radical (unpaired) electrons. The highest BCUT2D eigenvalue weighted by Crippen LogP contribution is 2.26. The van der Waals surface area contributed by atoms with Gasteiger partial charge in [0.25, 0.3) is 0 Å². The van der Waals surface area contributed by atoms with Crippen LogP contribution in [0.4, 0.5) is 0 Å². The molecular weight excluding hydrogens is 268 g/mol. The van der Waals surface area contributed by atoms with Crippen LogP contribution in [0.5, 0.6) is 0 Å². The number of hydrogen-bond donors (Lipinski definition) is 0. The molecule has 0 aliphatic heterocycles. The van der Waals surface area contributed by atoms with E-state index in [9.17, 15) is 0 Å². The van der Waals surface area contributed by atoms with Crippen molar-refractivity contribution in [1.29, 1.82) is 0 Å². The summed E-state index contributed by atoms with van der Waals surface area (Å²) in [5.41, 5.74) is 0.836.